The molecule has 0 radical (unpaired) electrons. The van der Waals surface area contributed by atoms with Gasteiger partial charge in [0.15, 0.2) is 0 Å². The lowest BCUT2D eigenvalue weighted by Gasteiger charge is -1.95. The first-order valence-corrected chi connectivity index (χ1v) is 7.00. The number of hydrogen-bond donors (Lipinski definition) is 0. The van der Waals surface area contributed by atoms with Crippen molar-refractivity contribution in [3.63, 3.8) is 0 Å². The summed E-state index contributed by atoms with van der Waals surface area (Å²) in [5.74, 6) is 0. The number of hydrogen-bond acceptors (Lipinski definition) is 1. The van der Waals surface area contributed by atoms with Gasteiger partial charge in [-0.3, -0.25) is 0 Å². The molecule has 1 nitrogen and oxygen atoms in total. The van der Waals surface area contributed by atoms with Crippen LogP contribution in [0.4, 0.5) is 0 Å². The summed E-state index contributed by atoms with van der Waals surface area (Å²) in [6, 6.07) is 10.1. The molecule has 0 spiro atoms. The first-order valence-electron chi connectivity index (χ1n) is 4.62. The third kappa shape index (κ3) is 1.55. The van der Waals surface area contributed by atoms with Gasteiger partial charge in [0.2, 0.25) is 0 Å². The highest BCUT2D eigenvalue weighted by Gasteiger charge is 2.12. The molecule has 1 aromatic heterocycles. The van der Waals surface area contributed by atoms with Crippen LogP contribution in [0, 0.1) is 0 Å². The molecule has 0 fully saturated rings. The molecule has 1 heterocycles. The second-order valence-electron chi connectivity index (χ2n) is 3.48. The van der Waals surface area contributed by atoms with Gasteiger partial charge in [0.1, 0.15) is 11.2 Å². The summed E-state index contributed by atoms with van der Waals surface area (Å²) >= 11 is 10.5. The third-order valence-electron chi connectivity index (χ3n) is 2.47. The van der Waals surface area contributed by atoms with Gasteiger partial charge in [-0.15, -0.1) is 0 Å². The maximum Gasteiger partial charge on any atom is 0.149 e. The Morgan fingerprint density at radius 1 is 0.938 bits per heavy atom. The van der Waals surface area contributed by atoms with Crippen LogP contribution >= 0.6 is 47.8 Å². The van der Waals surface area contributed by atoms with E-state index in [1.807, 2.05) is 24.3 Å². The van der Waals surface area contributed by atoms with Gasteiger partial charge in [-0.05, 0) is 50.1 Å². The van der Waals surface area contributed by atoms with Crippen molar-refractivity contribution in [2.45, 2.75) is 0 Å². The predicted octanol–water partition coefficient (Wildman–Crippen LogP) is 5.87. The van der Waals surface area contributed by atoms with Gasteiger partial charge in [-0.2, -0.15) is 0 Å². The summed E-state index contributed by atoms with van der Waals surface area (Å²) < 4.78 is 8.85. The fraction of sp³-hybridized carbons (Fsp3) is 0. The number of furan rings is 1. The molecular formula is C12H5Br3O. The fourth-order valence-corrected chi connectivity index (χ4v) is 3.66. The Bertz CT molecular complexity index is 700. The highest BCUT2D eigenvalue weighted by atomic mass is 79.9. The maximum absolute atomic E-state index is 5.84. The molecular weight excluding hydrogens is 400 g/mol. The molecule has 4 heteroatoms. The highest BCUT2D eigenvalue weighted by molar-refractivity contribution is 9.11. The minimum atomic E-state index is 0.878. The van der Waals surface area contributed by atoms with Crippen LogP contribution in [0.15, 0.2) is 48.2 Å². The standard InChI is InChI=1S/C12H5Br3O/c13-6-4-9(15)11-7-2-1-3-8(14)12(7)16-10(11)5-6/h1-5H. The van der Waals surface area contributed by atoms with Gasteiger partial charge in [0.25, 0.3) is 0 Å². The average Bonchev–Trinajstić information content (AvgIpc) is 2.57. The maximum atomic E-state index is 5.84. The van der Waals surface area contributed by atoms with Crippen molar-refractivity contribution >= 4 is 69.7 Å². The van der Waals surface area contributed by atoms with Gasteiger partial charge < -0.3 is 4.42 Å². The predicted molar refractivity (Wildman–Crippen MR) is 76.8 cm³/mol. The van der Waals surface area contributed by atoms with Crippen LogP contribution in [-0.4, -0.2) is 0 Å². The third-order valence-corrected chi connectivity index (χ3v) is 4.17. The molecule has 0 aliphatic rings. The Hall–Kier alpha value is -0.320. The van der Waals surface area contributed by atoms with E-state index < -0.39 is 0 Å². The Kier molecular flexibility index (Phi) is 2.61. The van der Waals surface area contributed by atoms with Crippen LogP contribution in [0.25, 0.3) is 21.9 Å². The van der Waals surface area contributed by atoms with Gasteiger partial charge in [-0.1, -0.05) is 28.1 Å². The smallest absolute Gasteiger partial charge is 0.149 e. The number of para-hydroxylation sites is 1. The van der Waals surface area contributed by atoms with Crippen molar-refractivity contribution < 1.29 is 4.42 Å². The quantitative estimate of drug-likeness (QED) is 0.456. The number of halogens is 3. The molecule has 0 aliphatic heterocycles. The molecule has 0 amide bonds. The Morgan fingerprint density at radius 3 is 2.56 bits per heavy atom. The van der Waals surface area contributed by atoms with Gasteiger partial charge in [-0.25, -0.2) is 0 Å². The molecule has 0 bridgehead atoms. The molecule has 0 atom stereocenters. The van der Waals surface area contributed by atoms with Crippen LogP contribution in [0.1, 0.15) is 0 Å². The number of rotatable bonds is 0. The van der Waals surface area contributed by atoms with Gasteiger partial charge in [0, 0.05) is 19.7 Å². The summed E-state index contributed by atoms with van der Waals surface area (Å²) in [4.78, 5) is 0. The number of benzene rings is 2. The molecule has 0 aliphatic carbocycles. The zero-order valence-electron chi connectivity index (χ0n) is 7.93. The van der Waals surface area contributed by atoms with Gasteiger partial charge in [0.05, 0.1) is 4.47 Å². The van der Waals surface area contributed by atoms with E-state index in [0.29, 0.717) is 0 Å². The summed E-state index contributed by atoms with van der Waals surface area (Å²) in [6.45, 7) is 0. The van der Waals surface area contributed by atoms with Gasteiger partial charge >= 0.3 is 0 Å². The second-order valence-corrected chi connectivity index (χ2v) is 6.10. The summed E-state index contributed by atoms with van der Waals surface area (Å²) in [7, 11) is 0. The molecule has 2 aromatic carbocycles. The van der Waals surface area contributed by atoms with Crippen molar-refractivity contribution in [2.75, 3.05) is 0 Å². The zero-order chi connectivity index (χ0) is 11.3. The van der Waals surface area contributed by atoms with Crippen LogP contribution in [0.2, 0.25) is 0 Å². The highest BCUT2D eigenvalue weighted by Crippen LogP contribution is 2.38. The normalized spacial score (nSPS) is 11.4. The Morgan fingerprint density at radius 2 is 1.75 bits per heavy atom. The summed E-state index contributed by atoms with van der Waals surface area (Å²) in [5, 5.41) is 2.23. The molecule has 80 valence electrons. The molecule has 3 rings (SSSR count). The van der Waals surface area contributed by atoms with Crippen LogP contribution < -0.4 is 0 Å². The molecule has 0 unspecified atom stereocenters. The second kappa shape index (κ2) is 3.86. The lowest BCUT2D eigenvalue weighted by Crippen LogP contribution is -1.71. The SMILES string of the molecule is Brc1cc(Br)c2c(c1)oc1c(Br)cccc12. The lowest BCUT2D eigenvalue weighted by atomic mass is 10.1. The fourth-order valence-electron chi connectivity index (χ4n) is 1.81. The molecule has 16 heavy (non-hydrogen) atoms. The zero-order valence-corrected chi connectivity index (χ0v) is 12.7. The van der Waals surface area contributed by atoms with Crippen molar-refractivity contribution in [1.29, 1.82) is 0 Å². The van der Waals surface area contributed by atoms with Crippen molar-refractivity contribution in [1.82, 2.24) is 0 Å². The Balaban J connectivity index is 2.61. The summed E-state index contributed by atoms with van der Waals surface area (Å²) in [6.07, 6.45) is 0. The largest absolute Gasteiger partial charge is 0.455 e. The first kappa shape index (κ1) is 10.8. The first-order chi connectivity index (χ1) is 7.66. The molecule has 0 N–H and O–H groups in total. The van der Waals surface area contributed by atoms with E-state index in [9.17, 15) is 0 Å². The summed E-state index contributed by atoms with van der Waals surface area (Å²) in [5.41, 5.74) is 1.76. The van der Waals surface area contributed by atoms with Crippen LogP contribution in [0.3, 0.4) is 0 Å². The minimum Gasteiger partial charge on any atom is -0.455 e. The van der Waals surface area contributed by atoms with E-state index in [0.717, 1.165) is 35.4 Å². The molecule has 0 saturated heterocycles. The van der Waals surface area contributed by atoms with Crippen LogP contribution in [-0.2, 0) is 0 Å². The molecule has 0 saturated carbocycles. The van der Waals surface area contributed by atoms with Crippen molar-refractivity contribution in [3.8, 4) is 0 Å². The monoisotopic (exact) mass is 402 g/mol. The lowest BCUT2D eigenvalue weighted by molar-refractivity contribution is 0.666. The van der Waals surface area contributed by atoms with Crippen LogP contribution in [0.5, 0.6) is 0 Å². The van der Waals surface area contributed by atoms with E-state index in [1.54, 1.807) is 0 Å². The van der Waals surface area contributed by atoms with E-state index in [4.69, 9.17) is 4.42 Å². The molecule has 3 aromatic rings. The topological polar surface area (TPSA) is 13.1 Å². The van der Waals surface area contributed by atoms with Crippen molar-refractivity contribution in [2.24, 2.45) is 0 Å². The average molecular weight is 405 g/mol. The number of fused-ring (bicyclic) bond motifs is 3. The van der Waals surface area contributed by atoms with E-state index >= 15 is 0 Å². The van der Waals surface area contributed by atoms with E-state index in [2.05, 4.69) is 53.9 Å². The van der Waals surface area contributed by atoms with Crippen molar-refractivity contribution in [3.05, 3.63) is 43.7 Å². The van der Waals surface area contributed by atoms with E-state index in [1.165, 1.54) is 0 Å². The Labute approximate surface area is 117 Å². The minimum absolute atomic E-state index is 0.878. The van der Waals surface area contributed by atoms with E-state index in [-0.39, 0.29) is 0 Å².